The first-order chi connectivity index (χ1) is 9.15. The van der Waals surface area contributed by atoms with Gasteiger partial charge in [0.15, 0.2) is 0 Å². The van der Waals surface area contributed by atoms with E-state index in [1.807, 2.05) is 12.1 Å². The van der Waals surface area contributed by atoms with E-state index in [2.05, 4.69) is 37.2 Å². The Morgan fingerprint density at radius 2 is 1.68 bits per heavy atom. The van der Waals surface area contributed by atoms with Crippen molar-refractivity contribution in [2.45, 2.75) is 31.8 Å². The number of phenols is 1. The van der Waals surface area contributed by atoms with Crippen molar-refractivity contribution < 1.29 is 5.11 Å². The van der Waals surface area contributed by atoms with Crippen LogP contribution in [-0.2, 0) is 6.54 Å². The summed E-state index contributed by atoms with van der Waals surface area (Å²) < 4.78 is 1.52. The fraction of sp³-hybridized carbons (Fsp3) is 0.600. The lowest BCUT2D eigenvalue weighted by molar-refractivity contribution is 0.456. The summed E-state index contributed by atoms with van der Waals surface area (Å²) in [6.45, 7) is 0.897. The summed E-state index contributed by atoms with van der Waals surface area (Å²) in [5.74, 6) is 4.27. The van der Waals surface area contributed by atoms with Crippen molar-refractivity contribution in [3.63, 3.8) is 0 Å². The summed E-state index contributed by atoms with van der Waals surface area (Å²) in [5.41, 5.74) is 1.22. The van der Waals surface area contributed by atoms with E-state index in [1.54, 1.807) is 0 Å². The van der Waals surface area contributed by atoms with Crippen molar-refractivity contribution in [2.24, 2.45) is 23.7 Å². The van der Waals surface area contributed by atoms with Gasteiger partial charge in [-0.25, -0.2) is 0 Å². The number of nitrogens with one attached hydrogen (secondary N) is 1. The van der Waals surface area contributed by atoms with E-state index in [4.69, 9.17) is 0 Å². The van der Waals surface area contributed by atoms with Crippen LogP contribution in [0.4, 0.5) is 0 Å². The zero-order chi connectivity index (χ0) is 13.1. The molecule has 0 radical (unpaired) electrons. The van der Waals surface area contributed by atoms with Gasteiger partial charge in [0.25, 0.3) is 0 Å². The molecule has 4 heteroatoms. The predicted octanol–water partition coefficient (Wildman–Crippen LogP) is 4.05. The first-order valence-corrected chi connectivity index (χ1v) is 8.64. The van der Waals surface area contributed by atoms with E-state index in [9.17, 15) is 5.11 Å². The van der Waals surface area contributed by atoms with Gasteiger partial charge < -0.3 is 10.4 Å². The van der Waals surface area contributed by atoms with Crippen molar-refractivity contribution in [3.8, 4) is 5.75 Å². The van der Waals surface area contributed by atoms with Gasteiger partial charge in [-0.15, -0.1) is 0 Å². The van der Waals surface area contributed by atoms with Crippen LogP contribution < -0.4 is 5.32 Å². The summed E-state index contributed by atoms with van der Waals surface area (Å²) in [6, 6.07) is 4.76. The van der Waals surface area contributed by atoms with Crippen LogP contribution in [0.25, 0.3) is 0 Å². The van der Waals surface area contributed by atoms with Gasteiger partial charge in [-0.3, -0.25) is 0 Å². The first kappa shape index (κ1) is 12.7. The van der Waals surface area contributed by atoms with Crippen molar-refractivity contribution >= 4 is 31.9 Å². The Bertz CT molecular complexity index is 494. The zero-order valence-corrected chi connectivity index (χ0v) is 13.7. The molecule has 1 aromatic carbocycles. The first-order valence-electron chi connectivity index (χ1n) is 7.05. The number of hydrogen-bond donors (Lipinski definition) is 2. The SMILES string of the molecule is Oc1c(Br)cc(CNC2C3C4CCC(C4)C23)cc1Br. The van der Waals surface area contributed by atoms with Gasteiger partial charge in [0.2, 0.25) is 0 Å². The van der Waals surface area contributed by atoms with Crippen LogP contribution in [0.5, 0.6) is 5.75 Å². The second kappa shape index (κ2) is 4.47. The highest BCUT2D eigenvalue weighted by Crippen LogP contribution is 2.65. The normalized spacial score (nSPS) is 38.5. The van der Waals surface area contributed by atoms with E-state index in [1.165, 1.54) is 24.8 Å². The highest BCUT2D eigenvalue weighted by Gasteiger charge is 2.64. The van der Waals surface area contributed by atoms with Crippen molar-refractivity contribution in [1.82, 2.24) is 5.32 Å². The zero-order valence-electron chi connectivity index (χ0n) is 10.6. The molecule has 0 saturated heterocycles. The standard InChI is InChI=1S/C15H17Br2NO/c16-10-3-7(4-11(17)15(10)19)6-18-14-12-8-1-2-9(5-8)13(12)14/h3-4,8-9,12-14,18-19H,1-2,5-6H2. The molecule has 3 aliphatic rings. The van der Waals surface area contributed by atoms with Crippen molar-refractivity contribution in [3.05, 3.63) is 26.6 Å². The Morgan fingerprint density at radius 3 is 2.26 bits per heavy atom. The third-order valence-electron chi connectivity index (χ3n) is 5.35. The summed E-state index contributed by atoms with van der Waals surface area (Å²) >= 11 is 6.78. The van der Waals surface area contributed by atoms with E-state index in [-0.39, 0.29) is 5.75 Å². The average Bonchev–Trinajstić information content (AvgIpc) is 2.78. The van der Waals surface area contributed by atoms with E-state index in [0.29, 0.717) is 0 Å². The maximum Gasteiger partial charge on any atom is 0.143 e. The Balaban J connectivity index is 1.41. The van der Waals surface area contributed by atoms with E-state index in [0.717, 1.165) is 45.2 Å². The number of rotatable bonds is 3. The molecule has 4 atom stereocenters. The Morgan fingerprint density at radius 1 is 1.11 bits per heavy atom. The molecule has 0 spiro atoms. The van der Waals surface area contributed by atoms with Crippen LogP contribution >= 0.6 is 31.9 Å². The summed E-state index contributed by atoms with van der Waals surface area (Å²) in [4.78, 5) is 0. The predicted molar refractivity (Wildman–Crippen MR) is 81.9 cm³/mol. The monoisotopic (exact) mass is 385 g/mol. The minimum atomic E-state index is 0.282. The smallest absolute Gasteiger partial charge is 0.143 e. The largest absolute Gasteiger partial charge is 0.506 e. The van der Waals surface area contributed by atoms with Gasteiger partial charge in [-0.2, -0.15) is 0 Å². The third-order valence-corrected chi connectivity index (χ3v) is 6.56. The van der Waals surface area contributed by atoms with Gasteiger partial charge >= 0.3 is 0 Å². The molecule has 2 N–H and O–H groups in total. The molecule has 0 aliphatic heterocycles. The van der Waals surface area contributed by atoms with Gasteiger partial charge in [0.05, 0.1) is 8.95 Å². The topological polar surface area (TPSA) is 32.3 Å². The number of phenolic OH excluding ortho intramolecular Hbond substituents is 1. The molecule has 0 amide bonds. The lowest BCUT2D eigenvalue weighted by Gasteiger charge is -2.11. The number of hydrogen-bond acceptors (Lipinski definition) is 2. The maximum atomic E-state index is 9.72. The summed E-state index contributed by atoms with van der Waals surface area (Å²) in [6.07, 6.45) is 4.45. The molecule has 0 aromatic heterocycles. The van der Waals surface area contributed by atoms with E-state index >= 15 is 0 Å². The second-order valence-electron chi connectivity index (χ2n) is 6.30. The number of aromatic hydroxyl groups is 1. The van der Waals surface area contributed by atoms with E-state index < -0.39 is 0 Å². The Kier molecular flexibility index (Phi) is 2.98. The fourth-order valence-corrected chi connectivity index (χ4v) is 5.84. The Hall–Kier alpha value is -0.0600. The molecule has 2 nitrogen and oxygen atoms in total. The molecule has 3 aliphatic carbocycles. The van der Waals surface area contributed by atoms with Crippen LogP contribution in [0, 0.1) is 23.7 Å². The average molecular weight is 387 g/mol. The lowest BCUT2D eigenvalue weighted by atomic mass is 10.0. The molecule has 3 fully saturated rings. The van der Waals surface area contributed by atoms with Crippen LogP contribution in [-0.4, -0.2) is 11.1 Å². The molecule has 102 valence electrons. The minimum Gasteiger partial charge on any atom is -0.506 e. The molecule has 3 saturated carbocycles. The van der Waals surface area contributed by atoms with Crippen LogP contribution in [0.1, 0.15) is 24.8 Å². The van der Waals surface area contributed by atoms with Gasteiger partial charge in [-0.1, -0.05) is 0 Å². The quantitative estimate of drug-likeness (QED) is 0.821. The van der Waals surface area contributed by atoms with Crippen LogP contribution in [0.2, 0.25) is 0 Å². The molecular formula is C15H17Br2NO. The molecule has 1 aromatic rings. The maximum absolute atomic E-state index is 9.72. The molecule has 0 heterocycles. The number of benzene rings is 1. The van der Waals surface area contributed by atoms with Crippen molar-refractivity contribution in [2.75, 3.05) is 0 Å². The Labute approximate surface area is 130 Å². The van der Waals surface area contributed by atoms with Gasteiger partial charge in [-0.05, 0) is 92.5 Å². The van der Waals surface area contributed by atoms with Crippen LogP contribution in [0.3, 0.4) is 0 Å². The molecule has 4 unspecified atom stereocenters. The molecule has 19 heavy (non-hydrogen) atoms. The minimum absolute atomic E-state index is 0.282. The number of halogens is 2. The van der Waals surface area contributed by atoms with Gasteiger partial charge in [0.1, 0.15) is 5.75 Å². The summed E-state index contributed by atoms with van der Waals surface area (Å²) in [7, 11) is 0. The molecular weight excluding hydrogens is 370 g/mol. The molecule has 4 rings (SSSR count). The van der Waals surface area contributed by atoms with Gasteiger partial charge in [0, 0.05) is 12.6 Å². The third kappa shape index (κ3) is 1.98. The fourth-order valence-electron chi connectivity index (χ4n) is 4.55. The van der Waals surface area contributed by atoms with Crippen LogP contribution in [0.15, 0.2) is 21.1 Å². The molecule has 2 bridgehead atoms. The number of fused-ring (bicyclic) bond motifs is 5. The second-order valence-corrected chi connectivity index (χ2v) is 8.01. The highest BCUT2D eigenvalue weighted by molar-refractivity contribution is 9.11. The van der Waals surface area contributed by atoms with Crippen molar-refractivity contribution in [1.29, 1.82) is 0 Å². The summed E-state index contributed by atoms with van der Waals surface area (Å²) in [5, 5.41) is 13.4. The lowest BCUT2D eigenvalue weighted by Crippen LogP contribution is -2.22. The highest BCUT2D eigenvalue weighted by atomic mass is 79.9.